The molecule has 1 aromatic carbocycles. The number of nitrogens with zero attached hydrogens (tertiary/aromatic N) is 2. The van der Waals surface area contributed by atoms with Gasteiger partial charge in [-0.1, -0.05) is 13.0 Å². The lowest BCUT2D eigenvalue weighted by atomic mass is 10.0. The summed E-state index contributed by atoms with van der Waals surface area (Å²) in [6.45, 7) is 1.74. The van der Waals surface area contributed by atoms with Crippen LogP contribution in [0.5, 0.6) is 0 Å². The molecule has 1 aromatic heterocycles. The molecule has 0 aliphatic rings. The first kappa shape index (κ1) is 11.6. The number of aliphatic carboxylic acids is 1. The number of rotatable bonds is 3. The monoisotopic (exact) mass is 236 g/mol. The first-order valence-electron chi connectivity index (χ1n) is 5.33. The zero-order chi connectivity index (χ0) is 12.6. The third-order valence-electron chi connectivity index (χ3n) is 2.80. The zero-order valence-electron chi connectivity index (χ0n) is 9.64. The highest BCUT2D eigenvalue weighted by atomic mass is 19.1. The summed E-state index contributed by atoms with van der Waals surface area (Å²) in [4.78, 5) is 10.7. The van der Waals surface area contributed by atoms with E-state index in [1.165, 1.54) is 6.07 Å². The van der Waals surface area contributed by atoms with Gasteiger partial charge in [0.1, 0.15) is 5.82 Å². The van der Waals surface area contributed by atoms with Crippen molar-refractivity contribution in [2.45, 2.75) is 19.3 Å². The average Bonchev–Trinajstić information content (AvgIpc) is 2.57. The van der Waals surface area contributed by atoms with E-state index in [9.17, 15) is 9.18 Å². The fourth-order valence-electron chi connectivity index (χ4n) is 2.01. The van der Waals surface area contributed by atoms with Gasteiger partial charge in [-0.05, 0) is 12.1 Å². The van der Waals surface area contributed by atoms with E-state index in [2.05, 4.69) is 5.10 Å². The number of carboxylic acid groups (broad SMARTS) is 1. The number of carbonyl (C=O) groups is 1. The Balaban J connectivity index is 2.58. The molecule has 0 fully saturated rings. The predicted molar refractivity (Wildman–Crippen MR) is 61.3 cm³/mol. The fourth-order valence-corrected chi connectivity index (χ4v) is 2.01. The molecule has 1 atom stereocenters. The largest absolute Gasteiger partial charge is 0.481 e. The lowest BCUT2D eigenvalue weighted by Crippen LogP contribution is -2.04. The lowest BCUT2D eigenvalue weighted by Gasteiger charge is -2.05. The molecular weight excluding hydrogens is 223 g/mol. The third kappa shape index (κ3) is 2.00. The Labute approximate surface area is 97.7 Å². The lowest BCUT2D eigenvalue weighted by molar-refractivity contribution is -0.137. The van der Waals surface area contributed by atoms with Crippen LogP contribution in [0.2, 0.25) is 0 Å². The molecule has 4 nitrogen and oxygen atoms in total. The van der Waals surface area contributed by atoms with Gasteiger partial charge in [0.2, 0.25) is 0 Å². The van der Waals surface area contributed by atoms with Gasteiger partial charge >= 0.3 is 5.97 Å². The molecule has 17 heavy (non-hydrogen) atoms. The maximum absolute atomic E-state index is 13.8. The molecule has 1 heterocycles. The Morgan fingerprint density at radius 1 is 1.59 bits per heavy atom. The molecule has 0 radical (unpaired) electrons. The number of aryl methyl sites for hydroxylation is 1. The molecule has 2 rings (SSSR count). The molecular formula is C12H13FN2O2. The van der Waals surface area contributed by atoms with Gasteiger partial charge in [-0.25, -0.2) is 4.39 Å². The van der Waals surface area contributed by atoms with Crippen molar-refractivity contribution < 1.29 is 14.3 Å². The summed E-state index contributed by atoms with van der Waals surface area (Å²) in [6, 6.07) is 4.74. The molecule has 0 bridgehead atoms. The normalized spacial score (nSPS) is 12.9. The molecule has 0 saturated carbocycles. The van der Waals surface area contributed by atoms with Crippen LogP contribution in [-0.2, 0) is 11.8 Å². The van der Waals surface area contributed by atoms with E-state index in [1.54, 1.807) is 30.8 Å². The second-order valence-corrected chi connectivity index (χ2v) is 4.14. The maximum atomic E-state index is 13.8. The molecule has 0 spiro atoms. The summed E-state index contributed by atoms with van der Waals surface area (Å²) in [5.41, 5.74) is 1.18. The Morgan fingerprint density at radius 2 is 2.29 bits per heavy atom. The number of benzene rings is 1. The van der Waals surface area contributed by atoms with Crippen LogP contribution in [0, 0.1) is 5.82 Å². The Kier molecular flexibility index (Phi) is 2.83. The number of aromatic nitrogens is 2. The van der Waals surface area contributed by atoms with Gasteiger partial charge in [-0.3, -0.25) is 9.48 Å². The molecule has 5 heteroatoms. The van der Waals surface area contributed by atoms with Crippen LogP contribution < -0.4 is 0 Å². The molecule has 0 aliphatic heterocycles. The number of halogens is 1. The fraction of sp³-hybridized carbons (Fsp3) is 0.333. The van der Waals surface area contributed by atoms with Crippen molar-refractivity contribution in [3.8, 4) is 0 Å². The van der Waals surface area contributed by atoms with Crippen LogP contribution in [0.3, 0.4) is 0 Å². The standard InChI is InChI=1S/C12H13FN2O2/c1-7(6-10(16)17)12-11-8(13)4-3-5-9(11)15(2)14-12/h3-5,7H,6H2,1-2H3,(H,16,17). The summed E-state index contributed by atoms with van der Waals surface area (Å²) in [5, 5.41) is 13.4. The van der Waals surface area contributed by atoms with Gasteiger partial charge in [0.05, 0.1) is 23.0 Å². The Hall–Kier alpha value is -1.91. The number of carboxylic acids is 1. The molecule has 90 valence electrons. The highest BCUT2D eigenvalue weighted by Crippen LogP contribution is 2.28. The average molecular weight is 236 g/mol. The van der Waals surface area contributed by atoms with Gasteiger partial charge < -0.3 is 5.11 Å². The Bertz CT molecular complexity index is 577. The van der Waals surface area contributed by atoms with Crippen molar-refractivity contribution in [1.29, 1.82) is 0 Å². The van der Waals surface area contributed by atoms with E-state index in [1.807, 2.05) is 0 Å². The van der Waals surface area contributed by atoms with Gasteiger partial charge in [0.15, 0.2) is 0 Å². The minimum atomic E-state index is -0.910. The SMILES string of the molecule is CC(CC(=O)O)c1nn(C)c2cccc(F)c12. The van der Waals surface area contributed by atoms with Gasteiger partial charge in [-0.2, -0.15) is 5.10 Å². The molecule has 0 saturated heterocycles. The van der Waals surface area contributed by atoms with E-state index in [-0.39, 0.29) is 18.2 Å². The van der Waals surface area contributed by atoms with E-state index in [0.717, 1.165) is 0 Å². The van der Waals surface area contributed by atoms with Crippen molar-refractivity contribution in [2.24, 2.45) is 7.05 Å². The van der Waals surface area contributed by atoms with Crippen molar-refractivity contribution in [3.63, 3.8) is 0 Å². The van der Waals surface area contributed by atoms with Crippen molar-refractivity contribution in [2.75, 3.05) is 0 Å². The van der Waals surface area contributed by atoms with E-state index in [4.69, 9.17) is 5.11 Å². The highest BCUT2D eigenvalue weighted by molar-refractivity contribution is 5.83. The highest BCUT2D eigenvalue weighted by Gasteiger charge is 2.19. The first-order chi connectivity index (χ1) is 8.00. The predicted octanol–water partition coefficient (Wildman–Crippen LogP) is 2.29. The summed E-state index contributed by atoms with van der Waals surface area (Å²) in [7, 11) is 1.72. The number of fused-ring (bicyclic) bond motifs is 1. The minimum absolute atomic E-state index is 0.0551. The maximum Gasteiger partial charge on any atom is 0.304 e. The van der Waals surface area contributed by atoms with Crippen LogP contribution in [0.15, 0.2) is 18.2 Å². The van der Waals surface area contributed by atoms with Crippen LogP contribution in [0.4, 0.5) is 4.39 Å². The molecule has 1 N–H and O–H groups in total. The summed E-state index contributed by atoms with van der Waals surface area (Å²) in [6.07, 6.45) is -0.0551. The van der Waals surface area contributed by atoms with Crippen LogP contribution in [-0.4, -0.2) is 20.9 Å². The number of hydrogen-bond acceptors (Lipinski definition) is 2. The number of hydrogen-bond donors (Lipinski definition) is 1. The second-order valence-electron chi connectivity index (χ2n) is 4.14. The van der Waals surface area contributed by atoms with Crippen LogP contribution in [0.25, 0.3) is 10.9 Å². The molecule has 1 unspecified atom stereocenters. The topological polar surface area (TPSA) is 55.1 Å². The third-order valence-corrected chi connectivity index (χ3v) is 2.80. The molecule has 0 aliphatic carbocycles. The molecule has 0 amide bonds. The van der Waals surface area contributed by atoms with Crippen molar-refractivity contribution >= 4 is 16.9 Å². The van der Waals surface area contributed by atoms with E-state index < -0.39 is 5.97 Å². The van der Waals surface area contributed by atoms with Crippen LogP contribution in [0.1, 0.15) is 25.0 Å². The van der Waals surface area contributed by atoms with E-state index >= 15 is 0 Å². The van der Waals surface area contributed by atoms with Gasteiger partial charge in [0.25, 0.3) is 0 Å². The first-order valence-corrected chi connectivity index (χ1v) is 5.33. The van der Waals surface area contributed by atoms with Gasteiger partial charge in [-0.15, -0.1) is 0 Å². The quantitative estimate of drug-likeness (QED) is 0.889. The molecule has 2 aromatic rings. The van der Waals surface area contributed by atoms with Crippen LogP contribution >= 0.6 is 0 Å². The van der Waals surface area contributed by atoms with Gasteiger partial charge in [0, 0.05) is 13.0 Å². The summed E-state index contributed by atoms with van der Waals surface area (Å²) in [5.74, 6) is -1.58. The van der Waals surface area contributed by atoms with Crippen molar-refractivity contribution in [1.82, 2.24) is 9.78 Å². The minimum Gasteiger partial charge on any atom is -0.481 e. The smallest absolute Gasteiger partial charge is 0.304 e. The second kappa shape index (κ2) is 4.16. The summed E-state index contributed by atoms with van der Waals surface area (Å²) < 4.78 is 15.3. The summed E-state index contributed by atoms with van der Waals surface area (Å²) >= 11 is 0. The van der Waals surface area contributed by atoms with Crippen molar-refractivity contribution in [3.05, 3.63) is 29.7 Å². The Morgan fingerprint density at radius 3 is 2.94 bits per heavy atom. The zero-order valence-corrected chi connectivity index (χ0v) is 9.64. The van der Waals surface area contributed by atoms with E-state index in [0.29, 0.717) is 16.6 Å².